The fourth-order valence-electron chi connectivity index (χ4n) is 2.86. The molecule has 0 bridgehead atoms. The lowest BCUT2D eigenvalue weighted by Crippen LogP contribution is -2.38. The number of carboxylic acids is 1. The summed E-state index contributed by atoms with van der Waals surface area (Å²) in [5, 5.41) is 12.2. The highest BCUT2D eigenvalue weighted by atomic mass is 35.5. The molecule has 2 N–H and O–H groups in total. The normalized spacial score (nSPS) is 11.0. The number of anilines is 2. The fourth-order valence-corrected chi connectivity index (χ4v) is 4.41. The number of hydrogen-bond acceptors (Lipinski definition) is 4. The molecule has 0 saturated heterocycles. The highest BCUT2D eigenvalue weighted by Gasteiger charge is 2.27. The van der Waals surface area contributed by atoms with Gasteiger partial charge in [-0.05, 0) is 55.5 Å². The Labute approximate surface area is 184 Å². The number of hydrogen-bond donors (Lipinski definition) is 2. The van der Waals surface area contributed by atoms with Gasteiger partial charge in [-0.1, -0.05) is 41.4 Å². The lowest BCUT2D eigenvalue weighted by Gasteiger charge is -2.24. The van der Waals surface area contributed by atoms with Crippen molar-refractivity contribution in [2.75, 3.05) is 16.2 Å². The summed E-state index contributed by atoms with van der Waals surface area (Å²) in [5.74, 6) is -1.91. The molecule has 7 nitrogen and oxygen atoms in total. The third-order valence-electron chi connectivity index (χ3n) is 4.44. The van der Waals surface area contributed by atoms with Crippen molar-refractivity contribution < 1.29 is 23.1 Å². The van der Waals surface area contributed by atoms with Gasteiger partial charge in [0, 0.05) is 5.02 Å². The van der Waals surface area contributed by atoms with E-state index in [1.165, 1.54) is 54.6 Å². The molecule has 3 aromatic carbocycles. The number of para-hydroxylation sites is 1. The van der Waals surface area contributed by atoms with Crippen LogP contribution in [0.3, 0.4) is 0 Å². The fraction of sp³-hybridized carbons (Fsp3) is 0.0909. The Morgan fingerprint density at radius 1 is 0.968 bits per heavy atom. The summed E-state index contributed by atoms with van der Waals surface area (Å²) in [7, 11) is -4.08. The highest BCUT2D eigenvalue weighted by Crippen LogP contribution is 2.26. The van der Waals surface area contributed by atoms with Crippen LogP contribution in [0.15, 0.2) is 77.7 Å². The molecule has 0 heterocycles. The number of carbonyl (C=O) groups excluding carboxylic acids is 1. The molecule has 3 rings (SSSR count). The summed E-state index contributed by atoms with van der Waals surface area (Å²) in [5.41, 5.74) is 1.10. The number of sulfonamides is 1. The Kier molecular flexibility index (Phi) is 6.62. The summed E-state index contributed by atoms with van der Waals surface area (Å²) < 4.78 is 27.6. The molecule has 0 aromatic heterocycles. The van der Waals surface area contributed by atoms with E-state index >= 15 is 0 Å². The number of rotatable bonds is 7. The maximum Gasteiger partial charge on any atom is 0.337 e. The molecule has 0 atom stereocenters. The monoisotopic (exact) mass is 458 g/mol. The number of amides is 1. The Bertz CT molecular complexity index is 1210. The van der Waals surface area contributed by atoms with Gasteiger partial charge in [-0.25, -0.2) is 13.2 Å². The van der Waals surface area contributed by atoms with Crippen LogP contribution in [0.4, 0.5) is 11.4 Å². The van der Waals surface area contributed by atoms with Crippen LogP contribution in [-0.4, -0.2) is 31.9 Å². The molecule has 31 heavy (non-hydrogen) atoms. The lowest BCUT2D eigenvalue weighted by molar-refractivity contribution is -0.114. The molecule has 1 amide bonds. The third kappa shape index (κ3) is 5.22. The molecule has 0 aliphatic carbocycles. The van der Waals surface area contributed by atoms with Crippen molar-refractivity contribution >= 4 is 44.9 Å². The van der Waals surface area contributed by atoms with Crippen molar-refractivity contribution in [2.45, 2.75) is 11.8 Å². The summed E-state index contributed by atoms with van der Waals surface area (Å²) >= 11 is 5.92. The van der Waals surface area contributed by atoms with Crippen LogP contribution in [-0.2, 0) is 14.8 Å². The van der Waals surface area contributed by atoms with E-state index in [9.17, 15) is 23.1 Å². The second-order valence-electron chi connectivity index (χ2n) is 6.70. The van der Waals surface area contributed by atoms with E-state index in [1.54, 1.807) is 18.2 Å². The molecule has 0 spiro atoms. The molecule has 0 radical (unpaired) electrons. The zero-order chi connectivity index (χ0) is 22.6. The predicted molar refractivity (Wildman–Crippen MR) is 119 cm³/mol. The first-order chi connectivity index (χ1) is 14.7. The number of nitrogens with zero attached hydrogens (tertiary/aromatic N) is 1. The highest BCUT2D eigenvalue weighted by molar-refractivity contribution is 7.92. The van der Waals surface area contributed by atoms with Crippen LogP contribution in [0, 0.1) is 6.92 Å². The Morgan fingerprint density at radius 2 is 1.58 bits per heavy atom. The molecule has 0 saturated carbocycles. The zero-order valence-corrected chi connectivity index (χ0v) is 18.0. The standard InChI is InChI=1S/C22H19ClN2O5S/c1-15-6-12-18(13-7-15)31(29,30)25(17-10-8-16(23)9-11-17)14-21(26)24-20-5-3-2-4-19(20)22(27)28/h2-13H,14H2,1H3,(H,24,26)(H,27,28). The maximum atomic E-state index is 13.3. The summed E-state index contributed by atoms with van der Waals surface area (Å²) in [6.07, 6.45) is 0. The average Bonchev–Trinajstić information content (AvgIpc) is 2.73. The van der Waals surface area contributed by atoms with E-state index in [0.717, 1.165) is 9.87 Å². The molecule has 0 aliphatic rings. The van der Waals surface area contributed by atoms with Gasteiger partial charge in [-0.15, -0.1) is 0 Å². The number of carboxylic acid groups (broad SMARTS) is 1. The number of carbonyl (C=O) groups is 2. The van der Waals surface area contributed by atoms with Crippen LogP contribution < -0.4 is 9.62 Å². The maximum absolute atomic E-state index is 13.3. The topological polar surface area (TPSA) is 104 Å². The van der Waals surface area contributed by atoms with Crippen LogP contribution in [0.2, 0.25) is 5.02 Å². The number of benzene rings is 3. The molecule has 9 heteroatoms. The smallest absolute Gasteiger partial charge is 0.337 e. The minimum Gasteiger partial charge on any atom is -0.478 e. The molecular weight excluding hydrogens is 440 g/mol. The van der Waals surface area contributed by atoms with Gasteiger partial charge in [0.25, 0.3) is 10.0 Å². The van der Waals surface area contributed by atoms with Gasteiger partial charge in [0.2, 0.25) is 5.91 Å². The largest absolute Gasteiger partial charge is 0.478 e. The van der Waals surface area contributed by atoms with E-state index < -0.39 is 28.4 Å². The van der Waals surface area contributed by atoms with E-state index in [0.29, 0.717) is 5.02 Å². The van der Waals surface area contributed by atoms with Crippen LogP contribution in [0.5, 0.6) is 0 Å². The lowest BCUT2D eigenvalue weighted by atomic mass is 10.2. The summed E-state index contributed by atoms with van der Waals surface area (Å²) in [6.45, 7) is 1.27. The average molecular weight is 459 g/mol. The number of aryl methyl sites for hydroxylation is 1. The summed E-state index contributed by atoms with van der Waals surface area (Å²) in [4.78, 5) is 24.1. The quantitative estimate of drug-likeness (QED) is 0.552. The van der Waals surface area contributed by atoms with Gasteiger partial charge < -0.3 is 10.4 Å². The van der Waals surface area contributed by atoms with Crippen molar-refractivity contribution in [1.82, 2.24) is 0 Å². The van der Waals surface area contributed by atoms with Crippen molar-refractivity contribution in [3.63, 3.8) is 0 Å². The van der Waals surface area contributed by atoms with Crippen molar-refractivity contribution in [3.8, 4) is 0 Å². The van der Waals surface area contributed by atoms with Gasteiger partial charge in [-0.2, -0.15) is 0 Å². The van der Waals surface area contributed by atoms with Gasteiger partial charge in [0.15, 0.2) is 0 Å². The van der Waals surface area contributed by atoms with Gasteiger partial charge in [0.1, 0.15) is 6.54 Å². The third-order valence-corrected chi connectivity index (χ3v) is 6.48. The number of aromatic carboxylic acids is 1. The van der Waals surface area contributed by atoms with E-state index in [4.69, 9.17) is 11.6 Å². The predicted octanol–water partition coefficient (Wildman–Crippen LogP) is 4.18. The molecule has 0 aliphatic heterocycles. The van der Waals surface area contributed by atoms with E-state index in [-0.39, 0.29) is 21.8 Å². The molecule has 0 fully saturated rings. The molecule has 3 aromatic rings. The second kappa shape index (κ2) is 9.20. The Balaban J connectivity index is 1.96. The van der Waals surface area contributed by atoms with Crippen LogP contribution in [0.1, 0.15) is 15.9 Å². The van der Waals surface area contributed by atoms with Crippen LogP contribution in [0.25, 0.3) is 0 Å². The van der Waals surface area contributed by atoms with Crippen LogP contribution >= 0.6 is 11.6 Å². The second-order valence-corrected chi connectivity index (χ2v) is 9.00. The minimum atomic E-state index is -4.08. The van der Waals surface area contributed by atoms with Gasteiger partial charge in [0.05, 0.1) is 21.8 Å². The first-order valence-electron chi connectivity index (χ1n) is 9.15. The Hall–Kier alpha value is -3.36. The molecule has 0 unspecified atom stereocenters. The van der Waals surface area contributed by atoms with Gasteiger partial charge >= 0.3 is 5.97 Å². The first-order valence-corrected chi connectivity index (χ1v) is 11.0. The zero-order valence-electron chi connectivity index (χ0n) is 16.4. The van der Waals surface area contributed by atoms with Crippen molar-refractivity contribution in [2.24, 2.45) is 0 Å². The van der Waals surface area contributed by atoms with E-state index in [1.807, 2.05) is 6.92 Å². The SMILES string of the molecule is Cc1ccc(S(=O)(=O)N(CC(=O)Nc2ccccc2C(=O)O)c2ccc(Cl)cc2)cc1. The first kappa shape index (κ1) is 22.3. The van der Waals surface area contributed by atoms with E-state index in [2.05, 4.69) is 5.32 Å². The Morgan fingerprint density at radius 3 is 2.19 bits per heavy atom. The minimum absolute atomic E-state index is 0.0202. The number of nitrogens with one attached hydrogen (secondary N) is 1. The number of halogens is 1. The van der Waals surface area contributed by atoms with Crippen molar-refractivity contribution in [3.05, 3.63) is 88.9 Å². The molecule has 160 valence electrons. The molecular formula is C22H19ClN2O5S. The van der Waals surface area contributed by atoms with Crippen molar-refractivity contribution in [1.29, 1.82) is 0 Å². The summed E-state index contributed by atoms with van der Waals surface area (Å²) in [6, 6.07) is 18.2. The van der Waals surface area contributed by atoms with Gasteiger partial charge in [-0.3, -0.25) is 9.10 Å².